The van der Waals surface area contributed by atoms with Crippen LogP contribution in [-0.2, 0) is 0 Å². The molecule has 0 aromatic heterocycles. The summed E-state index contributed by atoms with van der Waals surface area (Å²) in [6.07, 6.45) is 6.07. The number of halogens is 1. The molecule has 1 aromatic rings. The molecule has 1 rings (SSSR count). The molecule has 0 unspecified atom stereocenters. The first kappa shape index (κ1) is 8.35. The van der Waals surface area contributed by atoms with E-state index < -0.39 is 0 Å². The van der Waals surface area contributed by atoms with Crippen molar-refractivity contribution in [1.29, 1.82) is 0 Å². The van der Waals surface area contributed by atoms with Crippen LogP contribution in [0.1, 0.15) is 18.9 Å². The summed E-state index contributed by atoms with van der Waals surface area (Å²) in [5.74, 6) is 0. The van der Waals surface area contributed by atoms with Crippen LogP contribution in [0.3, 0.4) is 0 Å². The summed E-state index contributed by atoms with van der Waals surface area (Å²) >= 11 is 5.88. The number of benzene rings is 1. The van der Waals surface area contributed by atoms with Crippen LogP contribution in [0.5, 0.6) is 0 Å². The number of hydrogen-bond acceptors (Lipinski definition) is 0. The highest BCUT2D eigenvalue weighted by Crippen LogP contribution is 2.14. The van der Waals surface area contributed by atoms with Crippen molar-refractivity contribution in [3.63, 3.8) is 0 Å². The minimum Gasteiger partial charge on any atom is -0.0837 e. The molecule has 0 aliphatic rings. The van der Waals surface area contributed by atoms with Gasteiger partial charge in [-0.3, -0.25) is 0 Å². The third kappa shape index (κ3) is 2.39. The first-order valence-corrected chi connectivity index (χ1v) is 4.05. The molecule has 0 saturated carbocycles. The van der Waals surface area contributed by atoms with Gasteiger partial charge < -0.3 is 0 Å². The van der Waals surface area contributed by atoms with Crippen LogP contribution in [0, 0.1) is 6.08 Å². The quantitative estimate of drug-likeness (QED) is 0.630. The summed E-state index contributed by atoms with van der Waals surface area (Å²) in [5, 5.41) is 0.761. The first-order chi connectivity index (χ1) is 5.34. The standard InChI is InChI=1S/C10H10Cl/c1-2-3-6-9-7-4-5-8-10(9)11/h3-5,7-8H,2H2,1H3. The average Bonchev–Trinajstić information content (AvgIpc) is 2.03. The second kappa shape index (κ2) is 4.20. The summed E-state index contributed by atoms with van der Waals surface area (Å²) in [4.78, 5) is 0. The van der Waals surface area contributed by atoms with Gasteiger partial charge in [-0.15, -0.1) is 0 Å². The molecule has 0 atom stereocenters. The van der Waals surface area contributed by atoms with E-state index in [2.05, 4.69) is 13.0 Å². The van der Waals surface area contributed by atoms with Gasteiger partial charge in [0, 0.05) is 10.6 Å². The topological polar surface area (TPSA) is 0 Å². The lowest BCUT2D eigenvalue weighted by atomic mass is 10.2. The monoisotopic (exact) mass is 165 g/mol. The summed E-state index contributed by atoms with van der Waals surface area (Å²) < 4.78 is 0. The maximum absolute atomic E-state index is 5.88. The van der Waals surface area contributed by atoms with Crippen molar-refractivity contribution in [2.75, 3.05) is 0 Å². The van der Waals surface area contributed by atoms with Crippen LogP contribution in [-0.4, -0.2) is 0 Å². The van der Waals surface area contributed by atoms with E-state index in [-0.39, 0.29) is 0 Å². The molecule has 57 valence electrons. The molecule has 1 aromatic carbocycles. The van der Waals surface area contributed by atoms with E-state index in [9.17, 15) is 0 Å². The number of hydrogen-bond donors (Lipinski definition) is 0. The normalized spacial score (nSPS) is 10.7. The Hall–Kier alpha value is -0.750. The predicted molar refractivity (Wildman–Crippen MR) is 48.7 cm³/mol. The van der Waals surface area contributed by atoms with Gasteiger partial charge in [-0.1, -0.05) is 42.8 Å². The lowest BCUT2D eigenvalue weighted by Gasteiger charge is -1.93. The Morgan fingerprint density at radius 2 is 2.18 bits per heavy atom. The molecule has 0 spiro atoms. The lowest BCUT2D eigenvalue weighted by Crippen LogP contribution is -1.74. The summed E-state index contributed by atoms with van der Waals surface area (Å²) in [6.45, 7) is 2.07. The minimum atomic E-state index is 0.761. The molecule has 0 amide bonds. The molecule has 0 aliphatic heterocycles. The predicted octanol–water partition coefficient (Wildman–Crippen LogP) is 3.46. The highest BCUT2D eigenvalue weighted by molar-refractivity contribution is 6.31. The van der Waals surface area contributed by atoms with Crippen molar-refractivity contribution in [3.05, 3.63) is 47.0 Å². The molecular formula is C10H10Cl. The van der Waals surface area contributed by atoms with Crippen LogP contribution in [0.2, 0.25) is 5.02 Å². The van der Waals surface area contributed by atoms with E-state index in [4.69, 9.17) is 11.6 Å². The maximum Gasteiger partial charge on any atom is 0.0484 e. The smallest absolute Gasteiger partial charge is 0.0484 e. The van der Waals surface area contributed by atoms with Crippen LogP contribution in [0.15, 0.2) is 30.3 Å². The third-order valence-electron chi connectivity index (χ3n) is 1.34. The van der Waals surface area contributed by atoms with Gasteiger partial charge in [0.05, 0.1) is 0 Å². The molecule has 0 heterocycles. The Bertz CT molecular complexity index is 251. The molecular weight excluding hydrogens is 156 g/mol. The Balaban J connectivity index is 2.86. The Kier molecular flexibility index (Phi) is 3.18. The fourth-order valence-corrected chi connectivity index (χ4v) is 0.981. The minimum absolute atomic E-state index is 0.761. The lowest BCUT2D eigenvalue weighted by molar-refractivity contribution is 1.21. The maximum atomic E-state index is 5.88. The van der Waals surface area contributed by atoms with Gasteiger partial charge >= 0.3 is 0 Å². The highest BCUT2D eigenvalue weighted by Gasteiger charge is 1.91. The van der Waals surface area contributed by atoms with Crippen molar-refractivity contribution in [1.82, 2.24) is 0 Å². The zero-order valence-electron chi connectivity index (χ0n) is 6.47. The Morgan fingerprint density at radius 3 is 2.82 bits per heavy atom. The van der Waals surface area contributed by atoms with E-state index in [1.54, 1.807) is 0 Å². The van der Waals surface area contributed by atoms with Gasteiger partial charge in [-0.25, -0.2) is 0 Å². The van der Waals surface area contributed by atoms with E-state index in [1.807, 2.05) is 30.3 Å². The zero-order valence-corrected chi connectivity index (χ0v) is 7.23. The molecule has 11 heavy (non-hydrogen) atoms. The van der Waals surface area contributed by atoms with Crippen molar-refractivity contribution >= 4 is 11.6 Å². The van der Waals surface area contributed by atoms with E-state index in [0.717, 1.165) is 17.0 Å². The first-order valence-electron chi connectivity index (χ1n) is 3.67. The van der Waals surface area contributed by atoms with Gasteiger partial charge in [-0.2, -0.15) is 0 Å². The van der Waals surface area contributed by atoms with Crippen molar-refractivity contribution in [2.24, 2.45) is 0 Å². The second-order valence-electron chi connectivity index (χ2n) is 2.24. The van der Waals surface area contributed by atoms with E-state index >= 15 is 0 Å². The van der Waals surface area contributed by atoms with Gasteiger partial charge in [0.2, 0.25) is 0 Å². The summed E-state index contributed by atoms with van der Waals surface area (Å²) in [6, 6.07) is 7.69. The third-order valence-corrected chi connectivity index (χ3v) is 1.67. The molecule has 0 fully saturated rings. The Labute approximate surface area is 72.5 Å². The van der Waals surface area contributed by atoms with Gasteiger partial charge in [0.25, 0.3) is 0 Å². The van der Waals surface area contributed by atoms with Crippen molar-refractivity contribution in [2.45, 2.75) is 13.3 Å². The van der Waals surface area contributed by atoms with Crippen LogP contribution in [0.25, 0.3) is 0 Å². The SMILES string of the molecule is CC/C=[C]\c1ccccc1Cl. The molecule has 0 nitrogen and oxygen atoms in total. The largest absolute Gasteiger partial charge is 0.0837 e. The van der Waals surface area contributed by atoms with E-state index in [1.165, 1.54) is 0 Å². The fraction of sp³-hybridized carbons (Fsp3) is 0.200. The summed E-state index contributed by atoms with van der Waals surface area (Å²) in [5.41, 5.74) is 0.969. The average molecular weight is 166 g/mol. The van der Waals surface area contributed by atoms with Crippen LogP contribution < -0.4 is 0 Å². The zero-order chi connectivity index (χ0) is 8.10. The molecule has 0 saturated heterocycles. The van der Waals surface area contributed by atoms with Crippen molar-refractivity contribution in [3.8, 4) is 0 Å². The highest BCUT2D eigenvalue weighted by atomic mass is 35.5. The molecule has 0 N–H and O–H groups in total. The molecule has 1 radical (unpaired) electrons. The van der Waals surface area contributed by atoms with Crippen LogP contribution >= 0.6 is 11.6 Å². The van der Waals surface area contributed by atoms with Gasteiger partial charge in [0.1, 0.15) is 0 Å². The molecule has 1 heteroatoms. The van der Waals surface area contributed by atoms with E-state index in [0.29, 0.717) is 0 Å². The summed E-state index contributed by atoms with van der Waals surface area (Å²) in [7, 11) is 0. The number of rotatable bonds is 2. The fourth-order valence-electron chi connectivity index (χ4n) is 0.790. The van der Waals surface area contributed by atoms with Crippen molar-refractivity contribution < 1.29 is 0 Å². The molecule has 0 aliphatic carbocycles. The molecule has 0 bridgehead atoms. The second-order valence-corrected chi connectivity index (χ2v) is 2.64. The van der Waals surface area contributed by atoms with Crippen LogP contribution in [0.4, 0.5) is 0 Å². The van der Waals surface area contributed by atoms with Gasteiger partial charge in [-0.05, 0) is 18.6 Å². The Morgan fingerprint density at radius 1 is 1.45 bits per heavy atom. The van der Waals surface area contributed by atoms with Gasteiger partial charge in [0.15, 0.2) is 0 Å². The number of allylic oxidation sites excluding steroid dienone is 1.